The molecule has 0 aliphatic heterocycles. The molecule has 0 saturated carbocycles. The molecular weight excluding hydrogens is 350 g/mol. The molecule has 3 rings (SSSR count). The number of fused-ring (bicyclic) bond motifs is 1. The molecule has 1 atom stereocenters. The number of aliphatic hydroxyl groups is 1. The fourth-order valence-electron chi connectivity index (χ4n) is 2.49. The number of carbonyl (C=O) groups is 1. The molecule has 0 saturated heterocycles. The lowest BCUT2D eigenvalue weighted by atomic mass is 10.1. The minimum absolute atomic E-state index is 0.243. The van der Waals surface area contributed by atoms with Crippen LogP contribution in [0.25, 0.3) is 5.65 Å². The summed E-state index contributed by atoms with van der Waals surface area (Å²) in [6, 6.07) is 10.8. The van der Waals surface area contributed by atoms with Crippen molar-refractivity contribution in [2.75, 3.05) is 26.8 Å². The molecule has 142 valence electrons. The number of benzene rings is 1. The maximum Gasteiger partial charge on any atom is 0.309 e. The van der Waals surface area contributed by atoms with Crippen molar-refractivity contribution in [3.05, 3.63) is 53.7 Å². The fourth-order valence-corrected chi connectivity index (χ4v) is 2.49. The zero-order valence-corrected chi connectivity index (χ0v) is 14.9. The van der Waals surface area contributed by atoms with E-state index in [-0.39, 0.29) is 12.4 Å². The molecular formula is C18H21N5O4. The number of aromatic nitrogens is 4. The average molecular weight is 371 g/mol. The van der Waals surface area contributed by atoms with E-state index in [1.807, 2.05) is 24.3 Å². The van der Waals surface area contributed by atoms with Gasteiger partial charge in [-0.2, -0.15) is 0 Å². The number of carbonyl (C=O) groups excluding carboxylic acids is 1. The number of tetrazole rings is 1. The highest BCUT2D eigenvalue weighted by molar-refractivity contribution is 5.72. The van der Waals surface area contributed by atoms with Crippen LogP contribution in [0.2, 0.25) is 0 Å². The smallest absolute Gasteiger partial charge is 0.309 e. The molecule has 2 heterocycles. The van der Waals surface area contributed by atoms with E-state index < -0.39 is 6.10 Å². The Morgan fingerprint density at radius 2 is 2.07 bits per heavy atom. The van der Waals surface area contributed by atoms with Crippen molar-refractivity contribution in [3.8, 4) is 5.75 Å². The van der Waals surface area contributed by atoms with Crippen molar-refractivity contribution < 1.29 is 19.4 Å². The lowest BCUT2D eigenvalue weighted by Crippen LogP contribution is -2.26. The van der Waals surface area contributed by atoms with Gasteiger partial charge in [0.25, 0.3) is 0 Å². The highest BCUT2D eigenvalue weighted by Crippen LogP contribution is 2.13. The van der Waals surface area contributed by atoms with E-state index in [4.69, 9.17) is 4.74 Å². The van der Waals surface area contributed by atoms with Gasteiger partial charge >= 0.3 is 5.97 Å². The number of hydrogen-bond acceptors (Lipinski definition) is 8. The summed E-state index contributed by atoms with van der Waals surface area (Å²) in [5.41, 5.74) is 2.23. The van der Waals surface area contributed by atoms with Crippen molar-refractivity contribution in [2.24, 2.45) is 0 Å². The van der Waals surface area contributed by atoms with Gasteiger partial charge in [-0.1, -0.05) is 18.2 Å². The quantitative estimate of drug-likeness (QED) is 0.414. The van der Waals surface area contributed by atoms with E-state index in [1.54, 1.807) is 18.3 Å². The number of pyridine rings is 1. The van der Waals surface area contributed by atoms with E-state index in [1.165, 1.54) is 11.6 Å². The Morgan fingerprint density at radius 1 is 1.26 bits per heavy atom. The van der Waals surface area contributed by atoms with Crippen LogP contribution in [-0.2, 0) is 16.0 Å². The van der Waals surface area contributed by atoms with E-state index in [0.717, 1.165) is 16.9 Å². The maximum absolute atomic E-state index is 11.2. The van der Waals surface area contributed by atoms with Crippen LogP contribution < -0.4 is 10.1 Å². The normalized spacial score (nSPS) is 12.1. The van der Waals surface area contributed by atoms with Crippen LogP contribution in [0.1, 0.15) is 17.2 Å². The number of nitrogens with zero attached hydrogens (tertiary/aromatic N) is 4. The molecule has 27 heavy (non-hydrogen) atoms. The van der Waals surface area contributed by atoms with Crippen molar-refractivity contribution in [3.63, 3.8) is 0 Å². The molecule has 3 aromatic rings. The third kappa shape index (κ3) is 5.22. The van der Waals surface area contributed by atoms with E-state index in [9.17, 15) is 9.90 Å². The Kier molecular flexibility index (Phi) is 6.29. The minimum atomic E-state index is -0.670. The molecule has 9 nitrogen and oxygen atoms in total. The van der Waals surface area contributed by atoms with Crippen molar-refractivity contribution in [1.29, 1.82) is 0 Å². The van der Waals surface area contributed by atoms with Crippen LogP contribution in [-0.4, -0.2) is 57.9 Å². The lowest BCUT2D eigenvalue weighted by molar-refractivity contribution is -0.139. The van der Waals surface area contributed by atoms with Crippen molar-refractivity contribution in [2.45, 2.75) is 12.5 Å². The van der Waals surface area contributed by atoms with E-state index in [2.05, 4.69) is 25.6 Å². The first-order valence-electron chi connectivity index (χ1n) is 8.50. The molecule has 9 heteroatoms. The van der Waals surface area contributed by atoms with Crippen LogP contribution in [0.3, 0.4) is 0 Å². The number of ether oxygens (including phenoxy) is 2. The first-order chi connectivity index (χ1) is 13.2. The number of hydrogen-bond donors (Lipinski definition) is 2. The van der Waals surface area contributed by atoms with Gasteiger partial charge in [-0.05, 0) is 34.2 Å². The molecule has 0 radical (unpaired) electrons. The molecule has 2 N–H and O–H groups in total. The van der Waals surface area contributed by atoms with Gasteiger partial charge in [-0.3, -0.25) is 4.79 Å². The van der Waals surface area contributed by atoms with Crippen molar-refractivity contribution >= 4 is 11.6 Å². The Hall–Kier alpha value is -3.04. The minimum Gasteiger partial charge on any atom is -0.492 e. The van der Waals surface area contributed by atoms with Crippen LogP contribution in [0, 0.1) is 0 Å². The third-order valence-corrected chi connectivity index (χ3v) is 3.98. The predicted octanol–water partition coefficient (Wildman–Crippen LogP) is 0.542. The van der Waals surface area contributed by atoms with Gasteiger partial charge in [0.2, 0.25) is 0 Å². The van der Waals surface area contributed by atoms with E-state index >= 15 is 0 Å². The highest BCUT2D eigenvalue weighted by atomic mass is 16.5. The second kappa shape index (κ2) is 9.06. The van der Waals surface area contributed by atoms with E-state index in [0.29, 0.717) is 25.3 Å². The summed E-state index contributed by atoms with van der Waals surface area (Å²) >= 11 is 0. The summed E-state index contributed by atoms with van der Waals surface area (Å²) in [5.74, 6) is 0.445. The summed E-state index contributed by atoms with van der Waals surface area (Å²) < 4.78 is 11.8. The van der Waals surface area contributed by atoms with Crippen LogP contribution in [0.4, 0.5) is 0 Å². The number of nitrogens with one attached hydrogen (secondary N) is 1. The monoisotopic (exact) mass is 371 g/mol. The predicted molar refractivity (Wildman–Crippen MR) is 96.3 cm³/mol. The maximum atomic E-state index is 11.2. The second-order valence-corrected chi connectivity index (χ2v) is 5.91. The fraction of sp³-hybridized carbons (Fsp3) is 0.333. The Labute approximate surface area is 155 Å². The van der Waals surface area contributed by atoms with Crippen LogP contribution in [0.15, 0.2) is 42.6 Å². The number of rotatable bonds is 9. The SMILES string of the molecule is COC(=O)Cc1ccc(OCCNC[C@H](O)c2ccc3nnnn3c2)cc1. The first-order valence-corrected chi connectivity index (χ1v) is 8.50. The Bertz CT molecular complexity index is 881. The molecule has 0 unspecified atom stereocenters. The molecule has 0 fully saturated rings. The molecule has 0 spiro atoms. The topological polar surface area (TPSA) is 111 Å². The molecule has 2 aromatic heterocycles. The number of esters is 1. The Balaban J connectivity index is 1.38. The summed E-state index contributed by atoms with van der Waals surface area (Å²) in [6.45, 7) is 1.41. The van der Waals surface area contributed by atoms with Gasteiger partial charge in [0.05, 0.1) is 19.6 Å². The molecule has 0 bridgehead atoms. The molecule has 0 amide bonds. The lowest BCUT2D eigenvalue weighted by Gasteiger charge is -2.13. The van der Waals surface area contributed by atoms with Gasteiger partial charge in [0.15, 0.2) is 5.65 Å². The van der Waals surface area contributed by atoms with Gasteiger partial charge in [-0.25, -0.2) is 4.52 Å². The van der Waals surface area contributed by atoms with Gasteiger partial charge in [0, 0.05) is 24.8 Å². The van der Waals surface area contributed by atoms with Crippen LogP contribution in [0.5, 0.6) is 5.75 Å². The standard InChI is InChI=1S/C18H21N5O4/c1-26-18(25)10-13-2-5-15(6-3-13)27-9-8-19-11-16(24)14-4-7-17-20-21-22-23(17)12-14/h2-7,12,16,19,24H,8-11H2,1H3/t16-/m0/s1. The molecule has 0 aliphatic rings. The average Bonchev–Trinajstić information content (AvgIpc) is 3.16. The molecule has 0 aliphatic carbocycles. The first kappa shape index (κ1) is 18.7. The summed E-state index contributed by atoms with van der Waals surface area (Å²) in [7, 11) is 1.37. The summed E-state index contributed by atoms with van der Waals surface area (Å²) in [4.78, 5) is 11.2. The van der Waals surface area contributed by atoms with Gasteiger partial charge < -0.3 is 19.9 Å². The third-order valence-electron chi connectivity index (χ3n) is 3.98. The van der Waals surface area contributed by atoms with Gasteiger partial charge in [-0.15, -0.1) is 5.10 Å². The molecule has 1 aromatic carbocycles. The number of methoxy groups -OCH3 is 1. The highest BCUT2D eigenvalue weighted by Gasteiger charge is 2.09. The Morgan fingerprint density at radius 3 is 2.85 bits per heavy atom. The van der Waals surface area contributed by atoms with Crippen molar-refractivity contribution in [1.82, 2.24) is 25.4 Å². The summed E-state index contributed by atoms with van der Waals surface area (Å²) in [6.07, 6.45) is 1.27. The van der Waals surface area contributed by atoms with Gasteiger partial charge in [0.1, 0.15) is 12.4 Å². The zero-order chi connectivity index (χ0) is 19.1. The second-order valence-electron chi connectivity index (χ2n) is 5.91. The summed E-state index contributed by atoms with van der Waals surface area (Å²) in [5, 5.41) is 24.6. The number of aliphatic hydroxyl groups excluding tert-OH is 1. The largest absolute Gasteiger partial charge is 0.492 e. The zero-order valence-electron chi connectivity index (χ0n) is 14.9. The van der Waals surface area contributed by atoms with Crippen LogP contribution >= 0.6 is 0 Å².